The zero-order valence-corrected chi connectivity index (χ0v) is 13.4. The van der Waals surface area contributed by atoms with Crippen LogP contribution in [0.15, 0.2) is 29.2 Å². The summed E-state index contributed by atoms with van der Waals surface area (Å²) in [6.07, 6.45) is 4.07. The third-order valence-electron chi connectivity index (χ3n) is 3.55. The molecule has 3 rings (SSSR count). The number of ether oxygens (including phenoxy) is 1. The van der Waals surface area contributed by atoms with Gasteiger partial charge < -0.3 is 14.5 Å². The smallest absolute Gasteiger partial charge is 0.254 e. The summed E-state index contributed by atoms with van der Waals surface area (Å²) in [6, 6.07) is 1.85. The SMILES string of the molecule is CN(C)c1cncc(O[C@@H]2CCN(C(=O)c3ccsc3)C2)n1. The van der Waals surface area contributed by atoms with E-state index in [1.54, 1.807) is 12.4 Å². The number of carbonyl (C=O) groups excluding carboxylic acids is 1. The Balaban J connectivity index is 1.61. The van der Waals surface area contributed by atoms with Crippen molar-refractivity contribution < 1.29 is 9.53 Å². The van der Waals surface area contributed by atoms with E-state index in [0.29, 0.717) is 19.0 Å². The summed E-state index contributed by atoms with van der Waals surface area (Å²) in [7, 11) is 3.81. The Bertz CT molecular complexity index is 645. The molecule has 1 saturated heterocycles. The molecule has 0 saturated carbocycles. The Kier molecular flexibility index (Phi) is 4.24. The Hall–Kier alpha value is -2.15. The third kappa shape index (κ3) is 3.19. The van der Waals surface area contributed by atoms with Crippen LogP contribution in [0.5, 0.6) is 5.88 Å². The van der Waals surface area contributed by atoms with Crippen LogP contribution < -0.4 is 9.64 Å². The van der Waals surface area contributed by atoms with Crippen LogP contribution in [-0.2, 0) is 0 Å². The minimum atomic E-state index is -0.0331. The van der Waals surface area contributed by atoms with E-state index in [4.69, 9.17) is 4.74 Å². The average Bonchev–Trinajstić information content (AvgIpc) is 3.18. The second-order valence-electron chi connectivity index (χ2n) is 5.40. The molecular weight excluding hydrogens is 300 g/mol. The van der Waals surface area contributed by atoms with Gasteiger partial charge in [-0.25, -0.2) is 0 Å². The molecule has 0 bridgehead atoms. The topological polar surface area (TPSA) is 58.6 Å². The number of carbonyl (C=O) groups is 1. The highest BCUT2D eigenvalue weighted by Crippen LogP contribution is 2.20. The lowest BCUT2D eigenvalue weighted by Crippen LogP contribution is -2.30. The fourth-order valence-electron chi connectivity index (χ4n) is 2.36. The molecule has 22 heavy (non-hydrogen) atoms. The van der Waals surface area contributed by atoms with Gasteiger partial charge >= 0.3 is 0 Å². The lowest BCUT2D eigenvalue weighted by molar-refractivity contribution is 0.0771. The maximum atomic E-state index is 12.3. The molecule has 1 atom stereocenters. The van der Waals surface area contributed by atoms with Crippen molar-refractivity contribution in [1.82, 2.24) is 14.9 Å². The number of rotatable bonds is 4. The molecular formula is C15H18N4O2S. The predicted octanol–water partition coefficient (Wildman–Crippen LogP) is 1.90. The summed E-state index contributed by atoms with van der Waals surface area (Å²) in [4.78, 5) is 24.5. The van der Waals surface area contributed by atoms with Crippen molar-refractivity contribution in [3.63, 3.8) is 0 Å². The molecule has 116 valence electrons. The molecule has 0 N–H and O–H groups in total. The number of nitrogens with zero attached hydrogens (tertiary/aromatic N) is 4. The number of thiophene rings is 1. The van der Waals surface area contributed by atoms with E-state index >= 15 is 0 Å². The van der Waals surface area contributed by atoms with Gasteiger partial charge in [-0.3, -0.25) is 9.78 Å². The summed E-state index contributed by atoms with van der Waals surface area (Å²) in [5, 5.41) is 3.79. The quantitative estimate of drug-likeness (QED) is 0.862. The van der Waals surface area contributed by atoms with Crippen molar-refractivity contribution in [1.29, 1.82) is 0 Å². The molecule has 1 aliphatic rings. The van der Waals surface area contributed by atoms with Crippen molar-refractivity contribution in [2.24, 2.45) is 0 Å². The lowest BCUT2D eigenvalue weighted by Gasteiger charge is -2.17. The summed E-state index contributed by atoms with van der Waals surface area (Å²) in [5.41, 5.74) is 0.750. The minimum absolute atomic E-state index is 0.0331. The van der Waals surface area contributed by atoms with E-state index in [1.165, 1.54) is 11.3 Å². The number of hydrogen-bond acceptors (Lipinski definition) is 6. The summed E-state index contributed by atoms with van der Waals surface area (Å²) in [6.45, 7) is 1.29. The van der Waals surface area contributed by atoms with Crippen LogP contribution in [0.1, 0.15) is 16.8 Å². The van der Waals surface area contributed by atoms with Gasteiger partial charge in [0.25, 0.3) is 5.91 Å². The van der Waals surface area contributed by atoms with Gasteiger partial charge in [0, 0.05) is 32.4 Å². The van der Waals surface area contributed by atoms with Crippen LogP contribution in [0, 0.1) is 0 Å². The van der Waals surface area contributed by atoms with E-state index in [2.05, 4.69) is 9.97 Å². The zero-order chi connectivity index (χ0) is 15.5. The Morgan fingerprint density at radius 2 is 2.32 bits per heavy atom. The van der Waals surface area contributed by atoms with Crippen molar-refractivity contribution in [3.05, 3.63) is 34.8 Å². The zero-order valence-electron chi connectivity index (χ0n) is 12.6. The highest BCUT2D eigenvalue weighted by Gasteiger charge is 2.28. The number of hydrogen-bond donors (Lipinski definition) is 0. The Morgan fingerprint density at radius 3 is 3.05 bits per heavy atom. The summed E-state index contributed by atoms with van der Waals surface area (Å²) in [5.74, 6) is 1.32. The molecule has 2 aromatic rings. The van der Waals surface area contributed by atoms with Crippen LogP contribution in [0.2, 0.25) is 0 Å². The number of aromatic nitrogens is 2. The maximum Gasteiger partial charge on any atom is 0.254 e. The van der Waals surface area contributed by atoms with Crippen LogP contribution >= 0.6 is 11.3 Å². The molecule has 0 radical (unpaired) electrons. The number of likely N-dealkylation sites (tertiary alicyclic amines) is 1. The monoisotopic (exact) mass is 318 g/mol. The highest BCUT2D eigenvalue weighted by atomic mass is 32.1. The molecule has 3 heterocycles. The highest BCUT2D eigenvalue weighted by molar-refractivity contribution is 7.08. The summed E-state index contributed by atoms with van der Waals surface area (Å²) >= 11 is 1.53. The molecule has 0 spiro atoms. The minimum Gasteiger partial charge on any atom is -0.471 e. The second kappa shape index (κ2) is 6.31. The van der Waals surface area contributed by atoms with Crippen molar-refractivity contribution in [2.45, 2.75) is 12.5 Å². The average molecular weight is 318 g/mol. The van der Waals surface area contributed by atoms with Gasteiger partial charge in [0.2, 0.25) is 5.88 Å². The van der Waals surface area contributed by atoms with E-state index in [9.17, 15) is 4.79 Å². The normalized spacial score (nSPS) is 17.5. The first-order chi connectivity index (χ1) is 10.6. The molecule has 0 aliphatic carbocycles. The van der Waals surface area contributed by atoms with Gasteiger partial charge in [-0.15, -0.1) is 0 Å². The first-order valence-electron chi connectivity index (χ1n) is 7.11. The molecule has 1 aliphatic heterocycles. The molecule has 6 nitrogen and oxygen atoms in total. The van der Waals surface area contributed by atoms with Crippen LogP contribution in [0.25, 0.3) is 0 Å². The van der Waals surface area contributed by atoms with Crippen molar-refractivity contribution in [2.75, 3.05) is 32.1 Å². The fourth-order valence-corrected chi connectivity index (χ4v) is 2.99. The van der Waals surface area contributed by atoms with Gasteiger partial charge in [-0.1, -0.05) is 0 Å². The first-order valence-corrected chi connectivity index (χ1v) is 8.05. The van der Waals surface area contributed by atoms with Gasteiger partial charge in [0.05, 0.1) is 24.5 Å². The molecule has 7 heteroatoms. The first kappa shape index (κ1) is 14.8. The maximum absolute atomic E-state index is 12.3. The predicted molar refractivity (Wildman–Crippen MR) is 85.6 cm³/mol. The van der Waals surface area contributed by atoms with Gasteiger partial charge in [0.1, 0.15) is 6.10 Å². The van der Waals surface area contributed by atoms with E-state index in [1.807, 2.05) is 40.7 Å². The van der Waals surface area contributed by atoms with E-state index in [-0.39, 0.29) is 12.0 Å². The van der Waals surface area contributed by atoms with E-state index in [0.717, 1.165) is 17.8 Å². The van der Waals surface area contributed by atoms with Gasteiger partial charge in [-0.05, 0) is 11.4 Å². The molecule has 2 aromatic heterocycles. The van der Waals surface area contributed by atoms with Crippen LogP contribution in [0.4, 0.5) is 5.82 Å². The third-order valence-corrected chi connectivity index (χ3v) is 4.23. The van der Waals surface area contributed by atoms with Gasteiger partial charge in [0.15, 0.2) is 5.82 Å². The van der Waals surface area contributed by atoms with Crippen molar-refractivity contribution >= 4 is 23.1 Å². The van der Waals surface area contributed by atoms with Crippen molar-refractivity contribution in [3.8, 4) is 5.88 Å². The molecule has 0 unspecified atom stereocenters. The molecule has 0 aromatic carbocycles. The number of anilines is 1. The van der Waals surface area contributed by atoms with Crippen LogP contribution in [0.3, 0.4) is 0 Å². The lowest BCUT2D eigenvalue weighted by atomic mass is 10.3. The number of amides is 1. The summed E-state index contributed by atoms with van der Waals surface area (Å²) < 4.78 is 5.87. The largest absolute Gasteiger partial charge is 0.471 e. The Labute approximate surface area is 133 Å². The fraction of sp³-hybridized carbons (Fsp3) is 0.400. The van der Waals surface area contributed by atoms with E-state index < -0.39 is 0 Å². The second-order valence-corrected chi connectivity index (χ2v) is 6.18. The van der Waals surface area contributed by atoms with Gasteiger partial charge in [-0.2, -0.15) is 16.3 Å². The molecule has 1 fully saturated rings. The molecule has 1 amide bonds. The van der Waals surface area contributed by atoms with Crippen LogP contribution in [-0.4, -0.2) is 54.1 Å². The standard InChI is InChI=1S/C15H18N4O2S/c1-18(2)13-7-16-8-14(17-13)21-12-3-5-19(9-12)15(20)11-4-6-22-10-11/h4,6-8,10,12H,3,5,9H2,1-2H3/t12-/m1/s1. The Morgan fingerprint density at radius 1 is 1.45 bits per heavy atom.